The Balaban J connectivity index is 0.000000688. The van der Waals surface area contributed by atoms with Crippen LogP contribution in [0.2, 0.25) is 0 Å². The van der Waals surface area contributed by atoms with Crippen molar-refractivity contribution in [2.45, 2.75) is 45.3 Å². The molecule has 1 aliphatic heterocycles. The van der Waals surface area contributed by atoms with Gasteiger partial charge in [0.25, 0.3) is 0 Å². The minimum absolute atomic E-state index is 0.0815. The molecule has 1 fully saturated rings. The monoisotopic (exact) mass is 401 g/mol. The lowest BCUT2D eigenvalue weighted by Crippen LogP contribution is -2.23. The second kappa shape index (κ2) is 16.2. The quantitative estimate of drug-likeness (QED) is 0.601. The van der Waals surface area contributed by atoms with Crippen molar-refractivity contribution in [2.24, 2.45) is 11.5 Å². The molecule has 1 aromatic rings. The molecule has 2 rings (SSSR count). The number of nitrogens with two attached hydrogens (primary N) is 2. The maximum absolute atomic E-state index is 12.3. The first-order valence-corrected chi connectivity index (χ1v) is 9.50. The molecule has 9 heteroatoms. The number of hydrogen-bond donors (Lipinski definition) is 3. The van der Waals surface area contributed by atoms with Crippen molar-refractivity contribution in [2.75, 3.05) is 45.3 Å². The highest BCUT2D eigenvalue weighted by Gasteiger charge is 2.22. The number of ether oxygens (including phenoxy) is 2. The van der Waals surface area contributed by atoms with Gasteiger partial charge in [-0.15, -0.1) is 0 Å². The molecule has 0 spiro atoms. The molecule has 1 aliphatic rings. The molecule has 8 nitrogen and oxygen atoms in total. The molecule has 0 amide bonds. The minimum atomic E-state index is -0.318. The van der Waals surface area contributed by atoms with Gasteiger partial charge >= 0.3 is 0 Å². The Kier molecular flexibility index (Phi) is 15.1. The van der Waals surface area contributed by atoms with Gasteiger partial charge in [-0.25, -0.2) is 14.4 Å². The zero-order valence-corrected chi connectivity index (χ0v) is 17.5. The number of rotatable bonds is 8. The molecule has 162 valence electrons. The van der Waals surface area contributed by atoms with E-state index in [2.05, 4.69) is 29.5 Å². The molecule has 0 bridgehead atoms. The number of methoxy groups -OCH3 is 1. The van der Waals surface area contributed by atoms with E-state index in [1.54, 1.807) is 7.11 Å². The number of β-amino-alcohol motifs (C(OH)–C–C–N with tert-alkyl or cyclic N) is 1. The average molecular weight is 402 g/mol. The Morgan fingerprint density at radius 3 is 2.46 bits per heavy atom. The first kappa shape index (κ1) is 26.2. The first-order valence-electron chi connectivity index (χ1n) is 9.50. The number of aliphatic hydroxyl groups is 1. The zero-order chi connectivity index (χ0) is 21.4. The van der Waals surface area contributed by atoms with Crippen LogP contribution in [0, 0.1) is 0 Å². The van der Waals surface area contributed by atoms with Crippen LogP contribution in [0.5, 0.6) is 5.75 Å². The van der Waals surface area contributed by atoms with Crippen molar-refractivity contribution in [1.82, 2.24) is 9.97 Å². The maximum atomic E-state index is 12.3. The fourth-order valence-corrected chi connectivity index (χ4v) is 2.31. The predicted octanol–water partition coefficient (Wildman–Crippen LogP) is 1.63. The molecule has 0 aliphatic carbocycles. The lowest BCUT2D eigenvalue weighted by atomic mass is 10.2. The van der Waals surface area contributed by atoms with Crippen LogP contribution in [0.25, 0.3) is 0 Å². The molecule has 0 saturated carbocycles. The Morgan fingerprint density at radius 2 is 2.07 bits per heavy atom. The van der Waals surface area contributed by atoms with Gasteiger partial charge in [-0.05, 0) is 26.8 Å². The SMILES string of the molecule is CCCC(C)OC.CN.NC/C(=C/F)COc1cnc(N2CCC(O)C2)nc1. The van der Waals surface area contributed by atoms with Crippen molar-refractivity contribution < 1.29 is 19.0 Å². The van der Waals surface area contributed by atoms with E-state index in [0.717, 1.165) is 13.0 Å². The van der Waals surface area contributed by atoms with E-state index in [9.17, 15) is 9.50 Å². The molecule has 1 saturated heterocycles. The third kappa shape index (κ3) is 10.5. The Bertz CT molecular complexity index is 531. The van der Waals surface area contributed by atoms with Gasteiger partial charge in [0, 0.05) is 32.3 Å². The molecular weight excluding hydrogens is 365 g/mol. The van der Waals surface area contributed by atoms with Crippen molar-refractivity contribution in [3.8, 4) is 5.75 Å². The number of nitrogens with zero attached hydrogens (tertiary/aromatic N) is 3. The summed E-state index contributed by atoms with van der Waals surface area (Å²) < 4.78 is 22.6. The largest absolute Gasteiger partial charge is 0.486 e. The van der Waals surface area contributed by atoms with Crippen LogP contribution < -0.4 is 21.1 Å². The lowest BCUT2D eigenvalue weighted by molar-refractivity contribution is 0.110. The third-order valence-electron chi connectivity index (χ3n) is 4.00. The van der Waals surface area contributed by atoms with Crippen LogP contribution in [-0.4, -0.2) is 67.7 Å². The lowest BCUT2D eigenvalue weighted by Gasteiger charge is -2.15. The second-order valence-corrected chi connectivity index (χ2v) is 6.20. The van der Waals surface area contributed by atoms with Gasteiger partial charge in [0.15, 0.2) is 5.75 Å². The maximum Gasteiger partial charge on any atom is 0.225 e. The summed E-state index contributed by atoms with van der Waals surface area (Å²) in [5.41, 5.74) is 10.2. The number of halogens is 1. The average Bonchev–Trinajstić information content (AvgIpc) is 3.17. The molecule has 2 atom stereocenters. The van der Waals surface area contributed by atoms with Crippen LogP contribution in [0.3, 0.4) is 0 Å². The molecular formula is C19H36FN5O3. The van der Waals surface area contributed by atoms with E-state index in [1.807, 2.05) is 4.90 Å². The summed E-state index contributed by atoms with van der Waals surface area (Å²) in [5, 5.41) is 9.44. The number of hydrogen-bond acceptors (Lipinski definition) is 8. The molecule has 0 aromatic carbocycles. The van der Waals surface area contributed by atoms with E-state index in [1.165, 1.54) is 32.3 Å². The zero-order valence-electron chi connectivity index (χ0n) is 17.5. The number of aromatic nitrogens is 2. The minimum Gasteiger partial charge on any atom is -0.486 e. The van der Waals surface area contributed by atoms with E-state index in [4.69, 9.17) is 15.2 Å². The van der Waals surface area contributed by atoms with Crippen molar-refractivity contribution in [1.29, 1.82) is 0 Å². The Labute approximate surface area is 167 Å². The van der Waals surface area contributed by atoms with Gasteiger partial charge in [-0.1, -0.05) is 13.3 Å². The summed E-state index contributed by atoms with van der Waals surface area (Å²) in [6.45, 7) is 5.73. The highest BCUT2D eigenvalue weighted by Crippen LogP contribution is 2.17. The smallest absolute Gasteiger partial charge is 0.225 e. The van der Waals surface area contributed by atoms with Crippen molar-refractivity contribution >= 4 is 5.95 Å². The van der Waals surface area contributed by atoms with Gasteiger partial charge in [0.1, 0.15) is 6.61 Å². The van der Waals surface area contributed by atoms with Crippen LogP contribution in [0.4, 0.5) is 10.3 Å². The van der Waals surface area contributed by atoms with Gasteiger partial charge in [0.05, 0.1) is 30.9 Å². The molecule has 1 aromatic heterocycles. The van der Waals surface area contributed by atoms with Crippen LogP contribution >= 0.6 is 0 Å². The molecule has 2 unspecified atom stereocenters. The van der Waals surface area contributed by atoms with E-state index in [-0.39, 0.29) is 19.3 Å². The standard InChI is InChI=1S/C12H17FN4O2.C6H14O.CH5N/c13-3-9(4-14)8-19-11-5-15-12(16-6-11)17-2-1-10(18)7-17;1-4-5-6(2)7-3;1-2/h3,5-6,10,18H,1-2,4,7-8,14H2;6H,4-5H2,1-3H3;2H2,1H3/b9-3-;;. The number of aliphatic hydroxyl groups excluding tert-OH is 1. The normalized spacial score (nSPS) is 17.2. The highest BCUT2D eigenvalue weighted by atomic mass is 19.1. The van der Waals surface area contributed by atoms with E-state index < -0.39 is 0 Å². The summed E-state index contributed by atoms with van der Waals surface area (Å²) in [5.74, 6) is 1.01. The Hall–Kier alpha value is -1.81. The molecule has 28 heavy (non-hydrogen) atoms. The summed E-state index contributed by atoms with van der Waals surface area (Å²) in [6.07, 6.45) is 6.75. The van der Waals surface area contributed by atoms with Crippen LogP contribution in [0.1, 0.15) is 33.1 Å². The molecule has 2 heterocycles. The fourth-order valence-electron chi connectivity index (χ4n) is 2.31. The van der Waals surface area contributed by atoms with Crippen molar-refractivity contribution in [3.63, 3.8) is 0 Å². The van der Waals surface area contributed by atoms with Gasteiger partial charge in [0.2, 0.25) is 5.95 Å². The fraction of sp³-hybridized carbons (Fsp3) is 0.684. The number of anilines is 1. The summed E-state index contributed by atoms with van der Waals surface area (Å²) in [7, 11) is 3.25. The highest BCUT2D eigenvalue weighted by molar-refractivity contribution is 5.33. The predicted molar refractivity (Wildman–Crippen MR) is 110 cm³/mol. The van der Waals surface area contributed by atoms with Crippen LogP contribution in [0.15, 0.2) is 24.3 Å². The second-order valence-electron chi connectivity index (χ2n) is 6.20. The Morgan fingerprint density at radius 1 is 1.43 bits per heavy atom. The van der Waals surface area contributed by atoms with Gasteiger partial charge in [-0.2, -0.15) is 0 Å². The van der Waals surface area contributed by atoms with Gasteiger partial charge < -0.3 is 30.9 Å². The van der Waals surface area contributed by atoms with E-state index >= 15 is 0 Å². The first-order chi connectivity index (χ1) is 13.5. The van der Waals surface area contributed by atoms with Crippen molar-refractivity contribution in [3.05, 3.63) is 24.3 Å². The molecule has 5 N–H and O–H groups in total. The van der Waals surface area contributed by atoms with Crippen LogP contribution in [-0.2, 0) is 4.74 Å². The summed E-state index contributed by atoms with van der Waals surface area (Å²) in [6, 6.07) is 0. The molecule has 0 radical (unpaired) electrons. The topological polar surface area (TPSA) is 120 Å². The summed E-state index contributed by atoms with van der Waals surface area (Å²) in [4.78, 5) is 10.2. The van der Waals surface area contributed by atoms with E-state index in [0.29, 0.717) is 36.2 Å². The van der Waals surface area contributed by atoms with Gasteiger partial charge in [-0.3, -0.25) is 0 Å². The summed E-state index contributed by atoms with van der Waals surface area (Å²) >= 11 is 0. The third-order valence-corrected chi connectivity index (χ3v) is 4.00.